The van der Waals surface area contributed by atoms with E-state index in [1.54, 1.807) is 18.7 Å². The minimum absolute atomic E-state index is 0.0306. The van der Waals surface area contributed by atoms with Crippen molar-refractivity contribution in [1.29, 1.82) is 0 Å². The Kier molecular flexibility index (Phi) is 4.47. The van der Waals surface area contributed by atoms with E-state index in [1.807, 2.05) is 60.7 Å². The molecule has 0 bridgehead atoms. The smallest absolute Gasteiger partial charge is 0.265 e. The predicted molar refractivity (Wildman–Crippen MR) is 104 cm³/mol. The van der Waals surface area contributed by atoms with E-state index in [0.717, 1.165) is 21.9 Å². The summed E-state index contributed by atoms with van der Waals surface area (Å²) in [6, 6.07) is 19.4. The van der Waals surface area contributed by atoms with E-state index >= 15 is 0 Å². The summed E-state index contributed by atoms with van der Waals surface area (Å²) in [5.41, 5.74) is 2.26. The normalized spacial score (nSPS) is 15.7. The molecule has 0 saturated heterocycles. The van der Waals surface area contributed by atoms with Crippen LogP contribution in [-0.4, -0.2) is 21.2 Å². The molecule has 0 fully saturated rings. The lowest BCUT2D eigenvalue weighted by molar-refractivity contribution is 0.0904. The fourth-order valence-electron chi connectivity index (χ4n) is 3.29. The van der Waals surface area contributed by atoms with Crippen molar-refractivity contribution in [3.63, 3.8) is 0 Å². The van der Waals surface area contributed by atoms with Crippen LogP contribution in [-0.2, 0) is 0 Å². The van der Waals surface area contributed by atoms with Crippen molar-refractivity contribution >= 4 is 17.7 Å². The van der Waals surface area contributed by atoms with Crippen LogP contribution in [0.4, 0.5) is 0 Å². The van der Waals surface area contributed by atoms with Gasteiger partial charge in [-0.15, -0.1) is 11.8 Å². The topological polar surface area (TPSA) is 52.0 Å². The molecule has 26 heavy (non-hydrogen) atoms. The third-order valence-corrected chi connectivity index (χ3v) is 5.69. The molecular weight excluding hydrogens is 344 g/mol. The van der Waals surface area contributed by atoms with Crippen LogP contribution in [0.5, 0.6) is 0 Å². The summed E-state index contributed by atoms with van der Waals surface area (Å²) in [6.07, 6.45) is 0.253. The van der Waals surface area contributed by atoms with Crippen LogP contribution in [0.1, 0.15) is 35.2 Å². The van der Waals surface area contributed by atoms with Crippen LogP contribution in [0.25, 0.3) is 11.4 Å². The Bertz CT molecular complexity index is 1010. The maximum absolute atomic E-state index is 13.3. The molecule has 0 N–H and O–H groups in total. The summed E-state index contributed by atoms with van der Waals surface area (Å²) in [5, 5.41) is 0.739. The number of benzene rings is 2. The highest BCUT2D eigenvalue weighted by atomic mass is 32.2. The van der Waals surface area contributed by atoms with Crippen molar-refractivity contribution in [1.82, 2.24) is 9.55 Å². The van der Waals surface area contributed by atoms with Gasteiger partial charge in [-0.25, -0.2) is 9.55 Å². The monoisotopic (exact) mass is 362 g/mol. The Hall–Kier alpha value is -2.66. The molecule has 0 spiro atoms. The average molecular weight is 362 g/mol. The summed E-state index contributed by atoms with van der Waals surface area (Å²) in [7, 11) is 0. The molecule has 0 radical (unpaired) electrons. The van der Waals surface area contributed by atoms with Gasteiger partial charge >= 0.3 is 0 Å². The molecule has 4 rings (SSSR count). The lowest BCUT2D eigenvalue weighted by Gasteiger charge is -2.15. The van der Waals surface area contributed by atoms with Crippen molar-refractivity contribution in [2.45, 2.75) is 24.3 Å². The summed E-state index contributed by atoms with van der Waals surface area (Å²) in [5.74, 6) is 0.937. The molecule has 5 heteroatoms. The van der Waals surface area contributed by atoms with Crippen molar-refractivity contribution < 1.29 is 4.79 Å². The van der Waals surface area contributed by atoms with Gasteiger partial charge in [-0.05, 0) is 5.56 Å². The zero-order valence-electron chi connectivity index (χ0n) is 14.4. The van der Waals surface area contributed by atoms with E-state index in [0.29, 0.717) is 11.4 Å². The van der Waals surface area contributed by atoms with E-state index in [2.05, 4.69) is 0 Å². The van der Waals surface area contributed by atoms with Gasteiger partial charge in [0.25, 0.3) is 5.56 Å². The van der Waals surface area contributed by atoms with Crippen LogP contribution >= 0.6 is 11.8 Å². The summed E-state index contributed by atoms with van der Waals surface area (Å²) < 4.78 is 1.26. The number of carbonyl (C=O) groups is 1. The van der Waals surface area contributed by atoms with Crippen LogP contribution in [0.2, 0.25) is 0 Å². The number of hydrogen-bond acceptors (Lipinski definition) is 4. The highest BCUT2D eigenvalue weighted by molar-refractivity contribution is 7.99. The van der Waals surface area contributed by atoms with Crippen molar-refractivity contribution in [3.8, 4) is 11.4 Å². The highest BCUT2D eigenvalue weighted by Crippen LogP contribution is 2.40. The Morgan fingerprint density at radius 3 is 2.42 bits per heavy atom. The molecule has 1 aliphatic rings. The van der Waals surface area contributed by atoms with Gasteiger partial charge in [0.05, 0.1) is 5.56 Å². The number of thioether (sulfide) groups is 1. The maximum Gasteiger partial charge on any atom is 0.265 e. The predicted octanol–water partition coefficient (Wildman–Crippen LogP) is 4.20. The Morgan fingerprint density at radius 1 is 1.12 bits per heavy atom. The van der Waals surface area contributed by atoms with Gasteiger partial charge in [0.15, 0.2) is 5.82 Å². The molecule has 4 nitrogen and oxygen atoms in total. The molecular formula is C21H18N2O2S. The fourth-order valence-corrected chi connectivity index (χ4v) is 4.51. The van der Waals surface area contributed by atoms with Crippen molar-refractivity contribution in [2.24, 2.45) is 0 Å². The van der Waals surface area contributed by atoms with E-state index in [4.69, 9.17) is 4.98 Å². The Balaban J connectivity index is 1.95. The van der Waals surface area contributed by atoms with Crippen molar-refractivity contribution in [3.05, 3.63) is 82.1 Å². The number of rotatable bonds is 3. The fraction of sp³-hybridized carbons (Fsp3) is 0.190. The first-order valence-electron chi connectivity index (χ1n) is 8.64. The number of hydrogen-bond donors (Lipinski definition) is 0. The number of aromatic nitrogens is 2. The third kappa shape index (κ3) is 2.78. The van der Waals surface area contributed by atoms with Gasteiger partial charge in [-0.2, -0.15) is 0 Å². The maximum atomic E-state index is 13.3. The molecule has 2 aromatic carbocycles. The van der Waals surface area contributed by atoms with E-state index in [-0.39, 0.29) is 23.8 Å². The summed E-state index contributed by atoms with van der Waals surface area (Å²) in [6.45, 7) is 1.76. The van der Waals surface area contributed by atoms with E-state index in [1.165, 1.54) is 4.57 Å². The summed E-state index contributed by atoms with van der Waals surface area (Å²) in [4.78, 5) is 30.6. The van der Waals surface area contributed by atoms with Crippen LogP contribution in [0.3, 0.4) is 0 Å². The highest BCUT2D eigenvalue weighted by Gasteiger charge is 2.32. The molecule has 2 heterocycles. The van der Waals surface area contributed by atoms with Gasteiger partial charge in [-0.3, -0.25) is 9.59 Å². The standard InChI is InChI=1S/C21H18N2O2S/c1-2-17(24)23-19(15-11-7-4-8-12-15)22-20-18(21(23)25)16(13-26-20)14-9-5-3-6-10-14/h3-12,16H,2,13H2,1H3/t16-/m0/s1. The first kappa shape index (κ1) is 16.8. The minimum atomic E-state index is -0.237. The summed E-state index contributed by atoms with van der Waals surface area (Å²) >= 11 is 1.59. The second kappa shape index (κ2) is 6.92. The van der Waals surface area contributed by atoms with Crippen LogP contribution < -0.4 is 5.56 Å². The second-order valence-corrected chi connectivity index (χ2v) is 7.19. The number of fused-ring (bicyclic) bond motifs is 1. The molecule has 0 saturated carbocycles. The molecule has 1 aliphatic heterocycles. The van der Waals surface area contributed by atoms with Crippen molar-refractivity contribution in [2.75, 3.05) is 5.75 Å². The second-order valence-electron chi connectivity index (χ2n) is 6.18. The molecule has 0 amide bonds. The van der Waals surface area contributed by atoms with Crippen LogP contribution in [0, 0.1) is 0 Å². The SMILES string of the molecule is CCC(=O)n1c(-c2ccccc2)nc2c(c1=O)[C@H](c1ccccc1)CS2. The molecule has 3 aromatic rings. The quantitative estimate of drug-likeness (QED) is 0.655. The van der Waals surface area contributed by atoms with Gasteiger partial charge in [0.1, 0.15) is 5.03 Å². The third-order valence-electron chi connectivity index (χ3n) is 4.60. The lowest BCUT2D eigenvalue weighted by atomic mass is 9.95. The molecule has 130 valence electrons. The zero-order valence-corrected chi connectivity index (χ0v) is 15.2. The number of nitrogens with zero attached hydrogens (tertiary/aromatic N) is 2. The molecule has 1 atom stereocenters. The lowest BCUT2D eigenvalue weighted by Crippen LogP contribution is -2.32. The number of carbonyl (C=O) groups excluding carboxylic acids is 1. The molecule has 1 aromatic heterocycles. The van der Waals surface area contributed by atoms with Gasteiger partial charge < -0.3 is 0 Å². The first-order chi connectivity index (χ1) is 12.7. The van der Waals surface area contributed by atoms with E-state index in [9.17, 15) is 9.59 Å². The average Bonchev–Trinajstić information content (AvgIpc) is 3.13. The first-order valence-corrected chi connectivity index (χ1v) is 9.62. The van der Waals surface area contributed by atoms with Gasteiger partial charge in [0.2, 0.25) is 5.91 Å². The van der Waals surface area contributed by atoms with Gasteiger partial charge in [-0.1, -0.05) is 67.6 Å². The van der Waals surface area contributed by atoms with Gasteiger partial charge in [0, 0.05) is 23.7 Å². The largest absolute Gasteiger partial charge is 0.274 e. The minimum Gasteiger partial charge on any atom is -0.274 e. The van der Waals surface area contributed by atoms with E-state index < -0.39 is 0 Å². The zero-order chi connectivity index (χ0) is 18.1. The Morgan fingerprint density at radius 2 is 1.77 bits per heavy atom. The molecule has 0 unspecified atom stereocenters. The van der Waals surface area contributed by atoms with Crippen LogP contribution in [0.15, 0.2) is 70.5 Å². The Labute approximate surface area is 155 Å². The molecule has 0 aliphatic carbocycles.